The maximum atomic E-state index is 12.3. The Bertz CT molecular complexity index is 1230. The summed E-state index contributed by atoms with van der Waals surface area (Å²) in [6.45, 7) is 6.37. The average Bonchev–Trinajstić information content (AvgIpc) is 3.40. The Hall–Kier alpha value is -4.06. The molecular weight excluding hydrogens is 402 g/mol. The standard InChI is InChI=1S/C26H25N3O3/c1-18-6-4-5-7-21(18)16-27-28-26(30)25-15-14-24(32-25)17-31-23-12-10-22(11-13-23)29-19(2)8-9-20(29)3/h4-16H,17H2,1-3H3,(H,28,30). The number of hydrogen-bond donors (Lipinski definition) is 1. The van der Waals surface area contributed by atoms with Gasteiger partial charge in [0, 0.05) is 17.1 Å². The van der Waals surface area contributed by atoms with Gasteiger partial charge in [0.1, 0.15) is 18.1 Å². The molecule has 2 aromatic heterocycles. The second-order valence-electron chi connectivity index (χ2n) is 7.56. The summed E-state index contributed by atoms with van der Waals surface area (Å²) in [5, 5.41) is 4.01. The molecule has 4 aromatic rings. The lowest BCUT2D eigenvalue weighted by Gasteiger charge is -2.10. The molecule has 32 heavy (non-hydrogen) atoms. The van der Waals surface area contributed by atoms with Crippen molar-refractivity contribution >= 4 is 12.1 Å². The van der Waals surface area contributed by atoms with Crippen LogP contribution in [0.5, 0.6) is 5.75 Å². The average molecular weight is 428 g/mol. The van der Waals surface area contributed by atoms with Gasteiger partial charge in [-0.15, -0.1) is 0 Å². The minimum absolute atomic E-state index is 0.180. The van der Waals surface area contributed by atoms with E-state index >= 15 is 0 Å². The van der Waals surface area contributed by atoms with Crippen molar-refractivity contribution in [3.05, 3.63) is 107 Å². The highest BCUT2D eigenvalue weighted by atomic mass is 16.5. The number of hydrogen-bond acceptors (Lipinski definition) is 4. The number of aryl methyl sites for hydroxylation is 3. The molecule has 162 valence electrons. The third-order valence-electron chi connectivity index (χ3n) is 5.19. The molecule has 0 saturated carbocycles. The normalized spacial score (nSPS) is 11.1. The van der Waals surface area contributed by atoms with Crippen molar-refractivity contribution in [3.63, 3.8) is 0 Å². The Morgan fingerprint density at radius 1 is 0.969 bits per heavy atom. The van der Waals surface area contributed by atoms with E-state index in [2.05, 4.69) is 41.1 Å². The smallest absolute Gasteiger partial charge is 0.307 e. The van der Waals surface area contributed by atoms with Crippen LogP contribution in [0.15, 0.2) is 82.3 Å². The highest BCUT2D eigenvalue weighted by Crippen LogP contribution is 2.21. The van der Waals surface area contributed by atoms with Crippen molar-refractivity contribution in [2.75, 3.05) is 0 Å². The quantitative estimate of drug-likeness (QED) is 0.320. The Balaban J connectivity index is 1.32. The molecule has 0 bridgehead atoms. The van der Waals surface area contributed by atoms with E-state index < -0.39 is 5.91 Å². The lowest BCUT2D eigenvalue weighted by Crippen LogP contribution is -2.16. The van der Waals surface area contributed by atoms with Gasteiger partial charge >= 0.3 is 5.91 Å². The van der Waals surface area contributed by atoms with Crippen molar-refractivity contribution in [1.29, 1.82) is 0 Å². The Morgan fingerprint density at radius 2 is 1.69 bits per heavy atom. The molecule has 0 saturated heterocycles. The van der Waals surface area contributed by atoms with Crippen molar-refractivity contribution in [3.8, 4) is 11.4 Å². The second kappa shape index (κ2) is 9.39. The number of amides is 1. The Morgan fingerprint density at radius 3 is 2.41 bits per heavy atom. The predicted octanol–water partition coefficient (Wildman–Crippen LogP) is 5.34. The number of nitrogens with one attached hydrogen (secondary N) is 1. The number of nitrogens with zero attached hydrogens (tertiary/aromatic N) is 2. The van der Waals surface area contributed by atoms with Crippen LogP contribution in [0.3, 0.4) is 0 Å². The van der Waals surface area contributed by atoms with Gasteiger partial charge in [-0.3, -0.25) is 4.79 Å². The fraction of sp³-hybridized carbons (Fsp3) is 0.154. The van der Waals surface area contributed by atoms with Gasteiger partial charge in [0.25, 0.3) is 0 Å². The van der Waals surface area contributed by atoms with Gasteiger partial charge in [-0.05, 0) is 80.4 Å². The zero-order valence-corrected chi connectivity index (χ0v) is 18.3. The van der Waals surface area contributed by atoms with E-state index in [1.165, 1.54) is 11.4 Å². The van der Waals surface area contributed by atoms with Gasteiger partial charge in [0.2, 0.25) is 0 Å². The van der Waals surface area contributed by atoms with Crippen LogP contribution in [0.4, 0.5) is 0 Å². The van der Waals surface area contributed by atoms with Gasteiger partial charge in [0.05, 0.1) is 6.21 Å². The fourth-order valence-electron chi connectivity index (χ4n) is 3.45. The predicted molar refractivity (Wildman–Crippen MR) is 125 cm³/mol. The summed E-state index contributed by atoms with van der Waals surface area (Å²) in [6, 6.07) is 23.2. The highest BCUT2D eigenvalue weighted by molar-refractivity contribution is 5.92. The van der Waals surface area contributed by atoms with Gasteiger partial charge < -0.3 is 13.7 Å². The van der Waals surface area contributed by atoms with Gasteiger partial charge in [0.15, 0.2) is 5.76 Å². The van der Waals surface area contributed by atoms with Crippen molar-refractivity contribution in [1.82, 2.24) is 9.99 Å². The number of ether oxygens (including phenoxy) is 1. The first-order valence-electron chi connectivity index (χ1n) is 10.4. The minimum Gasteiger partial charge on any atom is -0.486 e. The number of aromatic nitrogens is 1. The first-order valence-corrected chi connectivity index (χ1v) is 10.4. The third-order valence-corrected chi connectivity index (χ3v) is 5.19. The van der Waals surface area contributed by atoms with Crippen LogP contribution in [0.25, 0.3) is 5.69 Å². The van der Waals surface area contributed by atoms with Gasteiger partial charge in [-0.25, -0.2) is 5.43 Å². The molecule has 0 aliphatic heterocycles. The molecule has 6 nitrogen and oxygen atoms in total. The molecule has 2 aromatic carbocycles. The summed E-state index contributed by atoms with van der Waals surface area (Å²) in [4.78, 5) is 12.3. The highest BCUT2D eigenvalue weighted by Gasteiger charge is 2.11. The summed E-state index contributed by atoms with van der Waals surface area (Å²) < 4.78 is 13.6. The number of carbonyl (C=O) groups is 1. The van der Waals surface area contributed by atoms with Crippen LogP contribution in [0.2, 0.25) is 0 Å². The summed E-state index contributed by atoms with van der Waals surface area (Å²) in [5.74, 6) is 1.04. The molecule has 0 aliphatic rings. The third kappa shape index (κ3) is 4.81. The second-order valence-corrected chi connectivity index (χ2v) is 7.56. The molecule has 0 spiro atoms. The van der Waals surface area contributed by atoms with Crippen LogP contribution in [0.1, 0.15) is 38.8 Å². The fourth-order valence-corrected chi connectivity index (χ4v) is 3.45. The maximum Gasteiger partial charge on any atom is 0.307 e. The van der Waals surface area contributed by atoms with Crippen LogP contribution in [0, 0.1) is 20.8 Å². The summed E-state index contributed by atoms with van der Waals surface area (Å²) in [5.41, 5.74) is 7.95. The van der Waals surface area contributed by atoms with E-state index in [0.29, 0.717) is 5.76 Å². The molecule has 0 unspecified atom stereocenters. The van der Waals surface area contributed by atoms with Gasteiger partial charge in [-0.2, -0.15) is 5.10 Å². The van der Waals surface area contributed by atoms with Crippen molar-refractivity contribution in [2.24, 2.45) is 5.10 Å². The summed E-state index contributed by atoms with van der Waals surface area (Å²) in [7, 11) is 0. The number of furan rings is 1. The first-order chi connectivity index (χ1) is 15.5. The molecule has 0 atom stereocenters. The van der Waals surface area contributed by atoms with E-state index in [1.54, 1.807) is 18.3 Å². The van der Waals surface area contributed by atoms with E-state index in [0.717, 1.165) is 22.6 Å². The molecule has 0 radical (unpaired) electrons. The SMILES string of the molecule is Cc1ccccc1C=NNC(=O)c1ccc(COc2ccc(-n3c(C)ccc3C)cc2)o1. The van der Waals surface area contributed by atoms with Crippen molar-refractivity contribution in [2.45, 2.75) is 27.4 Å². The minimum atomic E-state index is -0.414. The molecular formula is C26H25N3O3. The molecule has 1 N–H and O–H groups in total. The Labute approximate surface area is 187 Å². The van der Waals surface area contributed by atoms with E-state index in [1.807, 2.05) is 55.5 Å². The van der Waals surface area contributed by atoms with E-state index in [-0.39, 0.29) is 12.4 Å². The topological polar surface area (TPSA) is 68.8 Å². The van der Waals surface area contributed by atoms with Crippen LogP contribution in [-0.4, -0.2) is 16.7 Å². The molecule has 0 fully saturated rings. The van der Waals surface area contributed by atoms with Crippen LogP contribution < -0.4 is 10.2 Å². The molecule has 1 amide bonds. The Kier molecular flexibility index (Phi) is 6.22. The van der Waals surface area contributed by atoms with E-state index in [9.17, 15) is 4.79 Å². The number of benzene rings is 2. The van der Waals surface area contributed by atoms with E-state index in [4.69, 9.17) is 9.15 Å². The molecule has 6 heteroatoms. The molecule has 2 heterocycles. The maximum absolute atomic E-state index is 12.3. The largest absolute Gasteiger partial charge is 0.486 e. The van der Waals surface area contributed by atoms with Crippen LogP contribution >= 0.6 is 0 Å². The molecule has 4 rings (SSSR count). The van der Waals surface area contributed by atoms with Crippen molar-refractivity contribution < 1.29 is 13.9 Å². The van der Waals surface area contributed by atoms with Crippen LogP contribution in [-0.2, 0) is 6.61 Å². The summed E-state index contributed by atoms with van der Waals surface area (Å²) in [6.07, 6.45) is 1.61. The zero-order valence-electron chi connectivity index (χ0n) is 18.3. The number of hydrazone groups is 1. The monoisotopic (exact) mass is 427 g/mol. The first kappa shape index (κ1) is 21.2. The lowest BCUT2D eigenvalue weighted by molar-refractivity contribution is 0.0923. The lowest BCUT2D eigenvalue weighted by atomic mass is 10.1. The summed E-state index contributed by atoms with van der Waals surface area (Å²) >= 11 is 0. The number of carbonyl (C=O) groups excluding carboxylic acids is 1. The molecule has 0 aliphatic carbocycles. The zero-order chi connectivity index (χ0) is 22.5. The number of rotatable bonds is 7. The van der Waals surface area contributed by atoms with Gasteiger partial charge in [-0.1, -0.05) is 24.3 Å².